The van der Waals surface area contributed by atoms with Crippen LogP contribution in [0.15, 0.2) is 30.5 Å². The van der Waals surface area contributed by atoms with Crippen molar-refractivity contribution in [2.24, 2.45) is 0 Å². The first kappa shape index (κ1) is 11.9. The number of rotatable bonds is 4. The molecule has 17 heavy (non-hydrogen) atoms. The zero-order valence-corrected chi connectivity index (χ0v) is 10.4. The van der Waals surface area contributed by atoms with Gasteiger partial charge in [0.25, 0.3) is 0 Å². The number of hydrogen-bond donors (Lipinski definition) is 2. The zero-order chi connectivity index (χ0) is 12.4. The van der Waals surface area contributed by atoms with Crippen LogP contribution in [-0.2, 0) is 4.79 Å². The number of benzene rings is 1. The highest BCUT2D eigenvalue weighted by atomic mass is 79.9. The molecule has 1 aromatic heterocycles. The van der Waals surface area contributed by atoms with Crippen molar-refractivity contribution >= 4 is 38.6 Å². The smallest absolute Gasteiger partial charge is 0.304 e. The van der Waals surface area contributed by atoms with Crippen LogP contribution < -0.4 is 0 Å². The molecule has 1 atom stereocenters. The van der Waals surface area contributed by atoms with Crippen molar-refractivity contribution in [3.63, 3.8) is 0 Å². The molecule has 4 nitrogen and oxygen atoms in total. The van der Waals surface area contributed by atoms with Gasteiger partial charge in [-0.2, -0.15) is 0 Å². The molecule has 0 radical (unpaired) electrons. The summed E-state index contributed by atoms with van der Waals surface area (Å²) in [6, 6.07) is 7.41. The number of Topliss-reactive ketones (excluding diaryl/α,β-unsaturated/α-hetero) is 1. The topological polar surface area (TPSA) is 70.2 Å². The number of hydrogen-bond acceptors (Lipinski definition) is 2. The number of ketones is 1. The first-order valence-electron chi connectivity index (χ1n) is 5.06. The van der Waals surface area contributed by atoms with Crippen molar-refractivity contribution in [2.45, 2.75) is 11.2 Å². The average Bonchev–Trinajstić information content (AvgIpc) is 2.70. The van der Waals surface area contributed by atoms with E-state index in [1.165, 1.54) is 0 Å². The third kappa shape index (κ3) is 2.39. The molecule has 1 heterocycles. The van der Waals surface area contributed by atoms with E-state index in [-0.39, 0.29) is 12.2 Å². The van der Waals surface area contributed by atoms with Crippen LogP contribution in [0, 0.1) is 0 Å². The van der Waals surface area contributed by atoms with E-state index < -0.39 is 10.8 Å². The molecule has 0 aliphatic carbocycles. The van der Waals surface area contributed by atoms with Crippen molar-refractivity contribution < 1.29 is 14.7 Å². The lowest BCUT2D eigenvalue weighted by molar-refractivity contribution is -0.136. The highest BCUT2D eigenvalue weighted by molar-refractivity contribution is 9.10. The molecular weight excluding hydrogens is 286 g/mol. The van der Waals surface area contributed by atoms with Crippen LogP contribution in [0.4, 0.5) is 0 Å². The third-order valence-corrected chi connectivity index (χ3v) is 3.23. The normalized spacial score (nSPS) is 12.5. The van der Waals surface area contributed by atoms with E-state index in [0.717, 1.165) is 10.9 Å². The molecular formula is C12H10BrNO3. The Labute approximate surface area is 106 Å². The lowest BCUT2D eigenvalue weighted by Crippen LogP contribution is -2.17. The van der Waals surface area contributed by atoms with Gasteiger partial charge in [0.1, 0.15) is 0 Å². The number of alkyl halides is 1. The van der Waals surface area contributed by atoms with E-state index in [1.807, 2.05) is 24.3 Å². The first-order chi connectivity index (χ1) is 8.09. The number of carbonyl (C=O) groups is 2. The van der Waals surface area contributed by atoms with Crippen LogP contribution in [-0.4, -0.2) is 26.7 Å². The van der Waals surface area contributed by atoms with E-state index in [4.69, 9.17) is 5.11 Å². The van der Waals surface area contributed by atoms with Gasteiger partial charge in [0.2, 0.25) is 0 Å². The van der Waals surface area contributed by atoms with Gasteiger partial charge in [0.15, 0.2) is 5.78 Å². The van der Waals surface area contributed by atoms with E-state index in [0.29, 0.717) is 5.56 Å². The van der Waals surface area contributed by atoms with Gasteiger partial charge in [0, 0.05) is 22.7 Å². The Hall–Kier alpha value is -1.62. The van der Waals surface area contributed by atoms with Gasteiger partial charge in [-0.1, -0.05) is 34.1 Å². The lowest BCUT2D eigenvalue weighted by atomic mass is 10.1. The van der Waals surface area contributed by atoms with E-state index >= 15 is 0 Å². The Balaban J connectivity index is 2.33. The summed E-state index contributed by atoms with van der Waals surface area (Å²) in [5.74, 6) is -1.22. The molecule has 0 amide bonds. The fraction of sp³-hybridized carbons (Fsp3) is 0.167. The minimum absolute atomic E-state index is 0.218. The summed E-state index contributed by atoms with van der Waals surface area (Å²) in [5, 5.41) is 9.47. The number of aromatic amines is 1. The summed E-state index contributed by atoms with van der Waals surface area (Å²) in [6.45, 7) is 0. The van der Waals surface area contributed by atoms with Crippen LogP contribution in [0.5, 0.6) is 0 Å². The second kappa shape index (κ2) is 4.71. The number of H-pyrrole nitrogens is 1. The van der Waals surface area contributed by atoms with Crippen LogP contribution in [0.1, 0.15) is 16.8 Å². The predicted molar refractivity (Wildman–Crippen MR) is 67.6 cm³/mol. The average molecular weight is 296 g/mol. The van der Waals surface area contributed by atoms with Crippen molar-refractivity contribution in [3.05, 3.63) is 36.0 Å². The molecule has 2 aromatic rings. The number of nitrogens with one attached hydrogen (secondary N) is 1. The Morgan fingerprint density at radius 1 is 1.35 bits per heavy atom. The van der Waals surface area contributed by atoms with Gasteiger partial charge < -0.3 is 10.1 Å². The number of carbonyl (C=O) groups excluding carboxylic acids is 1. The quantitative estimate of drug-likeness (QED) is 0.673. The Morgan fingerprint density at radius 3 is 2.76 bits per heavy atom. The summed E-state index contributed by atoms with van der Waals surface area (Å²) < 4.78 is 0. The number of carboxylic acid groups (broad SMARTS) is 1. The van der Waals surface area contributed by atoms with Crippen molar-refractivity contribution in [1.82, 2.24) is 4.98 Å². The first-order valence-corrected chi connectivity index (χ1v) is 5.97. The second-order valence-electron chi connectivity index (χ2n) is 3.68. The number of aliphatic carboxylic acids is 1. The monoisotopic (exact) mass is 295 g/mol. The molecule has 0 bridgehead atoms. The summed E-state index contributed by atoms with van der Waals surface area (Å²) in [7, 11) is 0. The van der Waals surface area contributed by atoms with Crippen molar-refractivity contribution in [1.29, 1.82) is 0 Å². The minimum atomic E-state index is -1.000. The molecule has 0 fully saturated rings. The summed E-state index contributed by atoms with van der Waals surface area (Å²) in [6.07, 6.45) is 1.39. The number of para-hydroxylation sites is 1. The van der Waals surface area contributed by atoms with E-state index in [2.05, 4.69) is 20.9 Å². The van der Waals surface area contributed by atoms with Gasteiger partial charge in [-0.15, -0.1) is 0 Å². The molecule has 0 aliphatic rings. The van der Waals surface area contributed by atoms with Gasteiger partial charge >= 0.3 is 5.97 Å². The Bertz CT molecular complexity index is 576. The molecule has 0 spiro atoms. The van der Waals surface area contributed by atoms with Crippen LogP contribution in [0.2, 0.25) is 0 Å². The molecule has 0 saturated carbocycles. The van der Waals surface area contributed by atoms with Crippen LogP contribution in [0.3, 0.4) is 0 Å². The van der Waals surface area contributed by atoms with Crippen LogP contribution >= 0.6 is 15.9 Å². The van der Waals surface area contributed by atoms with Crippen molar-refractivity contribution in [2.75, 3.05) is 0 Å². The predicted octanol–water partition coefficient (Wildman–Crippen LogP) is 2.59. The lowest BCUT2D eigenvalue weighted by Gasteiger charge is -2.04. The summed E-state index contributed by atoms with van der Waals surface area (Å²) in [4.78, 5) is 24.9. The Kier molecular flexibility index (Phi) is 3.28. The van der Waals surface area contributed by atoms with Crippen LogP contribution in [0.25, 0.3) is 10.9 Å². The molecule has 5 heteroatoms. The molecule has 0 aliphatic heterocycles. The highest BCUT2D eigenvalue weighted by Gasteiger charge is 2.22. The Morgan fingerprint density at radius 2 is 2.06 bits per heavy atom. The summed E-state index contributed by atoms with van der Waals surface area (Å²) >= 11 is 3.11. The number of carboxylic acids is 1. The molecule has 0 saturated heterocycles. The molecule has 1 unspecified atom stereocenters. The molecule has 2 N–H and O–H groups in total. The fourth-order valence-corrected chi connectivity index (χ4v) is 2.21. The largest absolute Gasteiger partial charge is 0.481 e. The third-order valence-electron chi connectivity index (χ3n) is 2.49. The van der Waals surface area contributed by atoms with Gasteiger partial charge in [0.05, 0.1) is 11.2 Å². The second-order valence-corrected chi connectivity index (χ2v) is 4.78. The highest BCUT2D eigenvalue weighted by Crippen LogP contribution is 2.22. The molecule has 2 rings (SSSR count). The van der Waals surface area contributed by atoms with Gasteiger partial charge in [-0.25, -0.2) is 0 Å². The zero-order valence-electron chi connectivity index (χ0n) is 8.81. The van der Waals surface area contributed by atoms with Gasteiger partial charge in [-0.05, 0) is 6.07 Å². The maximum absolute atomic E-state index is 12.0. The number of halogens is 1. The summed E-state index contributed by atoms with van der Waals surface area (Å²) in [5.41, 5.74) is 1.38. The number of aromatic nitrogens is 1. The number of fused-ring (bicyclic) bond motifs is 1. The molecule has 88 valence electrons. The van der Waals surface area contributed by atoms with E-state index in [9.17, 15) is 9.59 Å². The standard InChI is InChI=1S/C12H10BrNO3/c13-9(5-11(15)16)12(17)8-6-14-10-4-2-1-3-7(8)10/h1-4,6,9,14H,5H2,(H,15,16). The van der Waals surface area contributed by atoms with E-state index in [1.54, 1.807) is 6.20 Å². The SMILES string of the molecule is O=C(O)CC(Br)C(=O)c1c[nH]c2ccccc12. The van der Waals surface area contributed by atoms with Gasteiger partial charge in [-0.3, -0.25) is 9.59 Å². The maximum atomic E-state index is 12.0. The van der Waals surface area contributed by atoms with Crippen molar-refractivity contribution in [3.8, 4) is 0 Å². The fourth-order valence-electron chi connectivity index (χ4n) is 1.69. The molecule has 1 aromatic carbocycles. The minimum Gasteiger partial charge on any atom is -0.481 e. The maximum Gasteiger partial charge on any atom is 0.304 e.